The summed E-state index contributed by atoms with van der Waals surface area (Å²) in [6.07, 6.45) is 3.88. The van der Waals surface area contributed by atoms with Crippen LogP contribution in [0.2, 0.25) is 0 Å². The molecule has 2 nitrogen and oxygen atoms in total. The number of nitrogens with one attached hydrogen (secondary N) is 1. The van der Waals surface area contributed by atoms with E-state index in [4.69, 9.17) is 0 Å². The average Bonchev–Trinajstić information content (AvgIpc) is 2.30. The van der Waals surface area contributed by atoms with Gasteiger partial charge in [0.2, 0.25) is 5.91 Å². The molecule has 1 aromatic carbocycles. The molecule has 0 bridgehead atoms. The zero-order valence-corrected chi connectivity index (χ0v) is 11.1. The Balaban J connectivity index is 2.52. The molecule has 0 atom stereocenters. The van der Waals surface area contributed by atoms with Crippen LogP contribution in [-0.4, -0.2) is 5.91 Å². The molecule has 0 saturated carbocycles. The SMILES string of the molecule is CCCCCC(=O)NC(C)(C)c1ccccc1. The fraction of sp³-hybridized carbons (Fsp3) is 0.533. The highest BCUT2D eigenvalue weighted by atomic mass is 16.1. The molecule has 0 radical (unpaired) electrons. The van der Waals surface area contributed by atoms with E-state index in [1.54, 1.807) is 0 Å². The Hall–Kier alpha value is -1.31. The molecular weight excluding hydrogens is 210 g/mol. The van der Waals surface area contributed by atoms with Gasteiger partial charge in [-0.05, 0) is 25.8 Å². The third-order valence-electron chi connectivity index (χ3n) is 2.95. The lowest BCUT2D eigenvalue weighted by Crippen LogP contribution is -2.40. The lowest BCUT2D eigenvalue weighted by molar-refractivity contribution is -0.122. The first-order chi connectivity index (χ1) is 8.06. The third-order valence-corrected chi connectivity index (χ3v) is 2.95. The fourth-order valence-corrected chi connectivity index (χ4v) is 1.87. The molecule has 0 aliphatic heterocycles. The minimum Gasteiger partial charge on any atom is -0.347 e. The summed E-state index contributed by atoms with van der Waals surface area (Å²) >= 11 is 0. The van der Waals surface area contributed by atoms with Crippen molar-refractivity contribution in [2.24, 2.45) is 0 Å². The van der Waals surface area contributed by atoms with Crippen molar-refractivity contribution in [1.29, 1.82) is 0 Å². The number of hydrogen-bond acceptors (Lipinski definition) is 1. The highest BCUT2D eigenvalue weighted by molar-refractivity contribution is 5.76. The summed E-state index contributed by atoms with van der Waals surface area (Å²) in [6.45, 7) is 6.23. The summed E-state index contributed by atoms with van der Waals surface area (Å²) in [5, 5.41) is 3.09. The summed E-state index contributed by atoms with van der Waals surface area (Å²) in [7, 11) is 0. The van der Waals surface area contributed by atoms with E-state index in [-0.39, 0.29) is 11.4 Å². The monoisotopic (exact) mass is 233 g/mol. The molecule has 1 rings (SSSR count). The van der Waals surface area contributed by atoms with Crippen LogP contribution in [-0.2, 0) is 10.3 Å². The van der Waals surface area contributed by atoms with Gasteiger partial charge < -0.3 is 5.32 Å². The number of rotatable bonds is 6. The molecule has 1 N–H and O–H groups in total. The summed E-state index contributed by atoms with van der Waals surface area (Å²) in [6, 6.07) is 10.1. The van der Waals surface area contributed by atoms with E-state index in [0.717, 1.165) is 24.8 Å². The Kier molecular flexibility index (Phi) is 5.20. The molecule has 2 heteroatoms. The number of amides is 1. The maximum absolute atomic E-state index is 11.8. The largest absolute Gasteiger partial charge is 0.347 e. The van der Waals surface area contributed by atoms with Crippen LogP contribution in [0.1, 0.15) is 52.0 Å². The first-order valence-electron chi connectivity index (χ1n) is 6.43. The van der Waals surface area contributed by atoms with Crippen molar-refractivity contribution in [2.45, 2.75) is 52.0 Å². The Morgan fingerprint density at radius 1 is 1.18 bits per heavy atom. The average molecular weight is 233 g/mol. The Labute approximate surface area is 104 Å². The van der Waals surface area contributed by atoms with Gasteiger partial charge in [0.05, 0.1) is 5.54 Å². The molecule has 0 aliphatic rings. The Morgan fingerprint density at radius 2 is 1.82 bits per heavy atom. The predicted octanol–water partition coefficient (Wildman–Crippen LogP) is 3.62. The molecule has 94 valence electrons. The van der Waals surface area contributed by atoms with Crippen molar-refractivity contribution in [2.75, 3.05) is 0 Å². The second-order valence-corrected chi connectivity index (χ2v) is 5.00. The zero-order valence-electron chi connectivity index (χ0n) is 11.1. The van der Waals surface area contributed by atoms with E-state index < -0.39 is 0 Å². The van der Waals surface area contributed by atoms with Gasteiger partial charge in [-0.15, -0.1) is 0 Å². The smallest absolute Gasteiger partial charge is 0.220 e. The number of unbranched alkanes of at least 4 members (excludes halogenated alkanes) is 2. The molecule has 1 amide bonds. The normalized spacial score (nSPS) is 11.2. The van der Waals surface area contributed by atoms with Gasteiger partial charge in [0.25, 0.3) is 0 Å². The standard InChI is InChI=1S/C15H23NO/c1-4-5-7-12-14(17)16-15(2,3)13-10-8-6-9-11-13/h6,8-11H,4-5,7,12H2,1-3H3,(H,16,17). The third kappa shape index (κ3) is 4.59. The van der Waals surface area contributed by atoms with E-state index in [1.807, 2.05) is 44.2 Å². The van der Waals surface area contributed by atoms with Crippen LogP contribution >= 0.6 is 0 Å². The lowest BCUT2D eigenvalue weighted by Gasteiger charge is -2.27. The molecule has 0 aliphatic carbocycles. The van der Waals surface area contributed by atoms with Crippen LogP contribution in [0.15, 0.2) is 30.3 Å². The van der Waals surface area contributed by atoms with Gasteiger partial charge in [0.1, 0.15) is 0 Å². The van der Waals surface area contributed by atoms with Crippen molar-refractivity contribution in [3.8, 4) is 0 Å². The maximum atomic E-state index is 11.8. The molecule has 0 unspecified atom stereocenters. The van der Waals surface area contributed by atoms with E-state index in [9.17, 15) is 4.79 Å². The molecule has 0 heterocycles. The minimum atomic E-state index is -0.287. The van der Waals surface area contributed by atoms with Crippen molar-refractivity contribution in [1.82, 2.24) is 5.32 Å². The molecule has 1 aromatic rings. The molecular formula is C15H23NO. The maximum Gasteiger partial charge on any atom is 0.220 e. The molecule has 0 saturated heterocycles. The van der Waals surface area contributed by atoms with Gasteiger partial charge in [-0.1, -0.05) is 50.1 Å². The Morgan fingerprint density at radius 3 is 2.41 bits per heavy atom. The van der Waals surface area contributed by atoms with Gasteiger partial charge in [-0.3, -0.25) is 4.79 Å². The lowest BCUT2D eigenvalue weighted by atomic mass is 9.94. The number of hydrogen-bond donors (Lipinski definition) is 1. The number of carbonyl (C=O) groups excluding carboxylic acids is 1. The summed E-state index contributed by atoms with van der Waals surface area (Å²) in [5.74, 6) is 0.146. The first-order valence-corrected chi connectivity index (χ1v) is 6.43. The van der Waals surface area contributed by atoms with Crippen molar-refractivity contribution < 1.29 is 4.79 Å². The first kappa shape index (κ1) is 13.8. The summed E-state index contributed by atoms with van der Waals surface area (Å²) in [5.41, 5.74) is 0.855. The van der Waals surface area contributed by atoms with Gasteiger partial charge in [0.15, 0.2) is 0 Å². The van der Waals surface area contributed by atoms with Crippen LogP contribution in [0.4, 0.5) is 0 Å². The molecule has 17 heavy (non-hydrogen) atoms. The number of carbonyl (C=O) groups is 1. The molecule has 0 aromatic heterocycles. The van der Waals surface area contributed by atoms with Crippen molar-refractivity contribution in [3.63, 3.8) is 0 Å². The van der Waals surface area contributed by atoms with Gasteiger partial charge in [-0.25, -0.2) is 0 Å². The van der Waals surface area contributed by atoms with E-state index >= 15 is 0 Å². The second-order valence-electron chi connectivity index (χ2n) is 5.00. The predicted molar refractivity (Wildman–Crippen MR) is 71.8 cm³/mol. The summed E-state index contributed by atoms with van der Waals surface area (Å²) < 4.78 is 0. The van der Waals surface area contributed by atoms with Crippen LogP contribution in [0.25, 0.3) is 0 Å². The topological polar surface area (TPSA) is 29.1 Å². The Bertz CT molecular complexity index is 343. The van der Waals surface area contributed by atoms with Gasteiger partial charge in [0, 0.05) is 6.42 Å². The van der Waals surface area contributed by atoms with E-state index in [0.29, 0.717) is 6.42 Å². The fourth-order valence-electron chi connectivity index (χ4n) is 1.87. The molecule has 0 fully saturated rings. The number of benzene rings is 1. The van der Waals surface area contributed by atoms with Crippen molar-refractivity contribution >= 4 is 5.91 Å². The van der Waals surface area contributed by atoms with Crippen LogP contribution in [0, 0.1) is 0 Å². The minimum absolute atomic E-state index is 0.146. The highest BCUT2D eigenvalue weighted by Crippen LogP contribution is 2.19. The van der Waals surface area contributed by atoms with Crippen molar-refractivity contribution in [3.05, 3.63) is 35.9 Å². The summed E-state index contributed by atoms with van der Waals surface area (Å²) in [4.78, 5) is 11.8. The quantitative estimate of drug-likeness (QED) is 0.747. The van der Waals surface area contributed by atoms with Crippen LogP contribution in [0.3, 0.4) is 0 Å². The van der Waals surface area contributed by atoms with E-state index in [2.05, 4.69) is 12.2 Å². The van der Waals surface area contributed by atoms with Gasteiger partial charge in [-0.2, -0.15) is 0 Å². The second kappa shape index (κ2) is 6.43. The van der Waals surface area contributed by atoms with Gasteiger partial charge >= 0.3 is 0 Å². The molecule has 0 spiro atoms. The zero-order chi connectivity index (χ0) is 12.7. The van der Waals surface area contributed by atoms with E-state index in [1.165, 1.54) is 0 Å². The highest BCUT2D eigenvalue weighted by Gasteiger charge is 2.21. The van der Waals surface area contributed by atoms with Crippen LogP contribution in [0.5, 0.6) is 0 Å². The van der Waals surface area contributed by atoms with Crippen LogP contribution < -0.4 is 5.32 Å².